The first-order chi connectivity index (χ1) is 23.0. The Balaban J connectivity index is 0.998. The SMILES string of the molecule is O=C(CC(Cc1ccc2[nH]ncc2c1)C(=O)N1CCCN(C2CCNCC2)CC1)N1CCC(N2CCc3ccccc3NC2=O)CC1. The summed E-state index contributed by atoms with van der Waals surface area (Å²) in [5, 5.41) is 14.7. The van der Waals surface area contributed by atoms with Crippen LogP contribution in [0.25, 0.3) is 10.9 Å². The predicted molar refractivity (Wildman–Crippen MR) is 182 cm³/mol. The second kappa shape index (κ2) is 14.4. The van der Waals surface area contributed by atoms with Crippen LogP contribution in [-0.4, -0.2) is 119 Å². The lowest BCUT2D eigenvalue weighted by molar-refractivity contribution is -0.142. The van der Waals surface area contributed by atoms with Crippen molar-refractivity contribution < 1.29 is 14.4 Å². The standard InChI is InChI=1S/C36H48N8O3/c45-34(42-17-11-31(12-18-42)44-19-10-27-4-1-2-5-32(27)39-36(44)47)24-28(22-26-6-7-33-29(23-26)25-38-40-33)35(46)43-16-3-15-41(20-21-43)30-8-13-37-14-9-30/h1-2,4-7,23,25,28,30-31,37H,3,8-22,24H2,(H,38,40)(H,39,47). The molecule has 1 unspecified atom stereocenters. The molecule has 3 saturated heterocycles. The van der Waals surface area contributed by atoms with E-state index in [0.29, 0.717) is 38.6 Å². The van der Waals surface area contributed by atoms with Gasteiger partial charge in [-0.15, -0.1) is 0 Å². The van der Waals surface area contributed by atoms with Crippen molar-refractivity contribution in [1.82, 2.24) is 35.1 Å². The molecule has 5 heterocycles. The van der Waals surface area contributed by atoms with E-state index < -0.39 is 5.92 Å². The second-order valence-corrected chi connectivity index (χ2v) is 13.7. The number of carbonyl (C=O) groups excluding carboxylic acids is 3. The summed E-state index contributed by atoms with van der Waals surface area (Å²) in [5.41, 5.74) is 4.05. The molecule has 4 aliphatic heterocycles. The average molecular weight is 641 g/mol. The molecule has 1 aromatic heterocycles. The number of benzene rings is 2. The van der Waals surface area contributed by atoms with Gasteiger partial charge in [0.15, 0.2) is 0 Å². The maximum atomic E-state index is 14.2. The lowest BCUT2D eigenvalue weighted by Crippen LogP contribution is -2.50. The largest absolute Gasteiger partial charge is 0.343 e. The summed E-state index contributed by atoms with van der Waals surface area (Å²) >= 11 is 0. The van der Waals surface area contributed by atoms with Crippen molar-refractivity contribution in [2.24, 2.45) is 5.92 Å². The summed E-state index contributed by atoms with van der Waals surface area (Å²) in [4.78, 5) is 49.7. The Hall–Kier alpha value is -3.96. The molecule has 7 rings (SSSR count). The number of para-hydroxylation sites is 1. The molecule has 4 aliphatic rings. The van der Waals surface area contributed by atoms with Gasteiger partial charge in [0, 0.05) is 75.4 Å². The molecule has 3 N–H and O–H groups in total. The van der Waals surface area contributed by atoms with Gasteiger partial charge in [0.1, 0.15) is 0 Å². The van der Waals surface area contributed by atoms with Gasteiger partial charge in [-0.1, -0.05) is 24.3 Å². The minimum Gasteiger partial charge on any atom is -0.343 e. The Morgan fingerprint density at radius 1 is 0.872 bits per heavy atom. The Kier molecular flexibility index (Phi) is 9.71. The zero-order valence-corrected chi connectivity index (χ0v) is 27.3. The number of fused-ring (bicyclic) bond motifs is 2. The predicted octanol–water partition coefficient (Wildman–Crippen LogP) is 3.48. The highest BCUT2D eigenvalue weighted by Gasteiger charge is 2.34. The quantitative estimate of drug-likeness (QED) is 0.364. The molecule has 11 nitrogen and oxygen atoms in total. The number of carbonyl (C=O) groups is 3. The molecule has 250 valence electrons. The molecule has 3 fully saturated rings. The number of urea groups is 1. The molecule has 0 bridgehead atoms. The van der Waals surface area contributed by atoms with Gasteiger partial charge in [-0.2, -0.15) is 5.10 Å². The number of nitrogens with zero attached hydrogens (tertiary/aromatic N) is 5. The molecule has 47 heavy (non-hydrogen) atoms. The molecule has 0 spiro atoms. The maximum absolute atomic E-state index is 14.2. The molecule has 0 aliphatic carbocycles. The zero-order chi connectivity index (χ0) is 32.2. The fraction of sp³-hybridized carbons (Fsp3) is 0.556. The van der Waals surface area contributed by atoms with Crippen LogP contribution in [0.4, 0.5) is 10.5 Å². The van der Waals surface area contributed by atoms with Crippen LogP contribution in [0.1, 0.15) is 49.7 Å². The highest BCUT2D eigenvalue weighted by atomic mass is 16.2. The van der Waals surface area contributed by atoms with Crippen LogP contribution >= 0.6 is 0 Å². The van der Waals surface area contributed by atoms with Gasteiger partial charge < -0.3 is 25.3 Å². The number of anilines is 1. The highest BCUT2D eigenvalue weighted by molar-refractivity contribution is 5.91. The fourth-order valence-electron chi connectivity index (χ4n) is 8.11. The van der Waals surface area contributed by atoms with Crippen LogP contribution in [0.15, 0.2) is 48.7 Å². The van der Waals surface area contributed by atoms with E-state index in [4.69, 9.17) is 0 Å². The molecule has 3 aromatic rings. The van der Waals surface area contributed by atoms with Crippen molar-refractivity contribution in [1.29, 1.82) is 0 Å². The zero-order valence-electron chi connectivity index (χ0n) is 27.3. The van der Waals surface area contributed by atoms with Crippen LogP contribution < -0.4 is 10.6 Å². The van der Waals surface area contributed by atoms with E-state index in [1.165, 1.54) is 0 Å². The summed E-state index contributed by atoms with van der Waals surface area (Å²) in [6.45, 7) is 7.34. The number of nitrogens with one attached hydrogen (secondary N) is 3. The van der Waals surface area contributed by atoms with Gasteiger partial charge in [0.05, 0.1) is 17.6 Å². The van der Waals surface area contributed by atoms with Crippen molar-refractivity contribution in [3.63, 3.8) is 0 Å². The molecule has 4 amide bonds. The van der Waals surface area contributed by atoms with E-state index in [9.17, 15) is 14.4 Å². The molecule has 0 radical (unpaired) electrons. The fourth-order valence-corrected chi connectivity index (χ4v) is 8.11. The number of aromatic nitrogens is 2. The first-order valence-electron chi connectivity index (χ1n) is 17.6. The minimum atomic E-state index is -0.426. The van der Waals surface area contributed by atoms with Gasteiger partial charge in [0.2, 0.25) is 11.8 Å². The smallest absolute Gasteiger partial charge is 0.322 e. The van der Waals surface area contributed by atoms with Gasteiger partial charge in [-0.25, -0.2) is 4.79 Å². The summed E-state index contributed by atoms with van der Waals surface area (Å²) in [6, 6.07) is 14.7. The van der Waals surface area contributed by atoms with E-state index in [2.05, 4.69) is 37.9 Å². The Bertz CT molecular complexity index is 1560. The first-order valence-corrected chi connectivity index (χ1v) is 17.6. The van der Waals surface area contributed by atoms with E-state index in [1.807, 2.05) is 45.0 Å². The van der Waals surface area contributed by atoms with Crippen molar-refractivity contribution in [2.45, 2.75) is 63.5 Å². The van der Waals surface area contributed by atoms with E-state index in [0.717, 1.165) is 99.0 Å². The van der Waals surface area contributed by atoms with Gasteiger partial charge in [-0.3, -0.25) is 19.6 Å². The third kappa shape index (κ3) is 7.31. The number of amides is 4. The number of hydrogen-bond donors (Lipinski definition) is 3. The van der Waals surface area contributed by atoms with Crippen LogP contribution in [0.5, 0.6) is 0 Å². The normalized spacial score (nSPS) is 21.2. The first kappa shape index (κ1) is 31.6. The number of piperidine rings is 2. The Morgan fingerprint density at radius 2 is 1.70 bits per heavy atom. The summed E-state index contributed by atoms with van der Waals surface area (Å²) < 4.78 is 0. The monoisotopic (exact) mass is 640 g/mol. The molecule has 11 heteroatoms. The summed E-state index contributed by atoms with van der Waals surface area (Å²) in [7, 11) is 0. The Morgan fingerprint density at radius 3 is 2.55 bits per heavy atom. The molecule has 0 saturated carbocycles. The van der Waals surface area contributed by atoms with E-state index in [-0.39, 0.29) is 30.3 Å². The van der Waals surface area contributed by atoms with Gasteiger partial charge in [-0.05, 0) is 87.4 Å². The van der Waals surface area contributed by atoms with Gasteiger partial charge >= 0.3 is 6.03 Å². The van der Waals surface area contributed by atoms with Crippen molar-refractivity contribution in [2.75, 3.05) is 64.2 Å². The average Bonchev–Trinajstić information content (AvgIpc) is 3.33. The lowest BCUT2D eigenvalue weighted by atomic mass is 9.92. The molecule has 1 atom stereocenters. The maximum Gasteiger partial charge on any atom is 0.322 e. The van der Waals surface area contributed by atoms with Crippen LogP contribution in [-0.2, 0) is 22.4 Å². The number of hydrogen-bond acceptors (Lipinski definition) is 6. The molecule has 2 aromatic carbocycles. The topological polar surface area (TPSA) is 117 Å². The van der Waals surface area contributed by atoms with Crippen molar-refractivity contribution in [3.8, 4) is 0 Å². The minimum absolute atomic E-state index is 0.0325. The lowest BCUT2D eigenvalue weighted by Gasteiger charge is -2.38. The van der Waals surface area contributed by atoms with E-state index in [1.54, 1.807) is 6.20 Å². The molecular weight excluding hydrogens is 592 g/mol. The summed E-state index contributed by atoms with van der Waals surface area (Å²) in [5.74, 6) is -0.302. The third-order valence-corrected chi connectivity index (χ3v) is 10.8. The van der Waals surface area contributed by atoms with Crippen LogP contribution in [0, 0.1) is 5.92 Å². The number of likely N-dealkylation sites (tertiary alicyclic amines) is 1. The second-order valence-electron chi connectivity index (χ2n) is 13.7. The van der Waals surface area contributed by atoms with Gasteiger partial charge in [0.25, 0.3) is 0 Å². The van der Waals surface area contributed by atoms with Crippen LogP contribution in [0.2, 0.25) is 0 Å². The highest BCUT2D eigenvalue weighted by Crippen LogP contribution is 2.27. The number of rotatable bonds is 7. The van der Waals surface area contributed by atoms with Crippen LogP contribution in [0.3, 0.4) is 0 Å². The number of H-pyrrole nitrogens is 1. The Labute approximate surface area is 277 Å². The van der Waals surface area contributed by atoms with Crippen molar-refractivity contribution >= 4 is 34.4 Å². The summed E-state index contributed by atoms with van der Waals surface area (Å²) in [6.07, 6.45) is 8.09. The van der Waals surface area contributed by atoms with E-state index >= 15 is 0 Å². The van der Waals surface area contributed by atoms with Crippen molar-refractivity contribution in [3.05, 3.63) is 59.8 Å². The molecular formula is C36H48N8O3. The number of aromatic amines is 1. The third-order valence-electron chi connectivity index (χ3n) is 10.8.